The smallest absolute Gasteiger partial charge is 0.416 e. The number of likely N-dealkylation sites (tertiary alicyclic amines) is 1. The molecule has 0 bridgehead atoms. The van der Waals surface area contributed by atoms with E-state index in [0.717, 1.165) is 31.5 Å². The zero-order chi connectivity index (χ0) is 19.8. The van der Waals surface area contributed by atoms with Crippen LogP contribution in [0.4, 0.5) is 13.2 Å². The number of nitrogens with zero attached hydrogens (tertiary/aromatic N) is 3. The summed E-state index contributed by atoms with van der Waals surface area (Å²) in [6.07, 6.45) is -2.80. The average Bonchev–Trinajstić information content (AvgIpc) is 2.60. The van der Waals surface area contributed by atoms with Gasteiger partial charge in [-0.05, 0) is 63.2 Å². The quantitative estimate of drug-likeness (QED) is 0.824. The first-order valence-corrected chi connectivity index (χ1v) is 8.64. The highest BCUT2D eigenvalue weighted by molar-refractivity contribution is 5.97. The second-order valence-electron chi connectivity index (χ2n) is 6.96. The van der Waals surface area contributed by atoms with Crippen molar-refractivity contribution in [2.24, 2.45) is 5.92 Å². The highest BCUT2D eigenvalue weighted by Gasteiger charge is 2.31. The lowest BCUT2D eigenvalue weighted by molar-refractivity contribution is -0.137. The number of ketones is 1. The zero-order valence-electron chi connectivity index (χ0n) is 15.0. The highest BCUT2D eigenvalue weighted by Crippen LogP contribution is 2.36. The maximum Gasteiger partial charge on any atom is 0.416 e. The number of aromatic nitrogens is 2. The summed E-state index contributed by atoms with van der Waals surface area (Å²) in [4.78, 5) is 14.8. The predicted octanol–water partition coefficient (Wildman–Crippen LogP) is 3.70. The Hall–Kier alpha value is -2.48. The number of hydrogen-bond acceptors (Lipinski definition) is 5. The number of rotatable bonds is 3. The Bertz CT molecular complexity index is 868. The molecule has 1 aromatic carbocycles. The summed E-state index contributed by atoms with van der Waals surface area (Å²) in [5.41, 5.74) is 0.260. The summed E-state index contributed by atoms with van der Waals surface area (Å²) in [6, 6.07) is 4.25. The Kier molecular flexibility index (Phi) is 5.19. The Morgan fingerprint density at radius 3 is 2.59 bits per heavy atom. The summed E-state index contributed by atoms with van der Waals surface area (Å²) >= 11 is 0. The van der Waals surface area contributed by atoms with E-state index in [9.17, 15) is 23.1 Å². The number of phenols is 1. The zero-order valence-corrected chi connectivity index (χ0v) is 15.0. The van der Waals surface area contributed by atoms with Gasteiger partial charge in [0.2, 0.25) is 0 Å². The van der Waals surface area contributed by atoms with Gasteiger partial charge in [-0.3, -0.25) is 4.79 Å². The Balaban J connectivity index is 1.88. The van der Waals surface area contributed by atoms with Gasteiger partial charge in [0, 0.05) is 18.0 Å². The first-order chi connectivity index (χ1) is 12.7. The van der Waals surface area contributed by atoms with E-state index in [2.05, 4.69) is 15.1 Å². The molecule has 1 saturated heterocycles. The number of aromatic hydroxyl groups is 1. The molecular formula is C19H20F3N3O2. The minimum Gasteiger partial charge on any atom is -0.507 e. The number of aryl methyl sites for hydroxylation is 1. The second-order valence-corrected chi connectivity index (χ2v) is 6.96. The third-order valence-corrected chi connectivity index (χ3v) is 4.81. The van der Waals surface area contributed by atoms with Crippen molar-refractivity contribution in [1.29, 1.82) is 0 Å². The van der Waals surface area contributed by atoms with Crippen LogP contribution < -0.4 is 0 Å². The van der Waals surface area contributed by atoms with Crippen LogP contribution in [0.3, 0.4) is 0 Å². The maximum atomic E-state index is 12.7. The first kappa shape index (κ1) is 19.3. The van der Waals surface area contributed by atoms with Gasteiger partial charge in [-0.2, -0.15) is 13.2 Å². The summed E-state index contributed by atoms with van der Waals surface area (Å²) in [5, 5.41) is 18.0. The van der Waals surface area contributed by atoms with Crippen LogP contribution in [0.15, 0.2) is 24.3 Å². The van der Waals surface area contributed by atoms with Gasteiger partial charge in [-0.15, -0.1) is 10.2 Å². The lowest BCUT2D eigenvalue weighted by atomic mass is 9.91. The van der Waals surface area contributed by atoms with E-state index in [0.29, 0.717) is 18.2 Å². The second kappa shape index (κ2) is 7.26. The topological polar surface area (TPSA) is 66.3 Å². The average molecular weight is 379 g/mol. The van der Waals surface area contributed by atoms with Crippen molar-refractivity contribution in [2.75, 3.05) is 20.1 Å². The summed E-state index contributed by atoms with van der Waals surface area (Å²) in [7, 11) is 1.97. The molecule has 0 aliphatic carbocycles. The molecule has 1 aliphatic heterocycles. The molecule has 144 valence electrons. The SMILES string of the molecule is Cc1cc(-c2ccc(C(F)(F)F)cc2O)nnc1C(=O)C1CCCN(C)C1. The molecule has 27 heavy (non-hydrogen) atoms. The molecule has 2 heterocycles. The van der Waals surface area contributed by atoms with Gasteiger partial charge in [0.05, 0.1) is 11.3 Å². The minimum absolute atomic E-state index is 0.0743. The molecule has 0 amide bonds. The number of Topliss-reactive ketones (excluding diaryl/α,β-unsaturated/α-hetero) is 1. The van der Waals surface area contributed by atoms with Crippen molar-refractivity contribution < 1.29 is 23.1 Å². The van der Waals surface area contributed by atoms with Crippen LogP contribution in [0, 0.1) is 12.8 Å². The van der Waals surface area contributed by atoms with E-state index in [-0.39, 0.29) is 28.7 Å². The van der Waals surface area contributed by atoms with Crippen molar-refractivity contribution in [3.63, 3.8) is 0 Å². The number of phenolic OH excluding ortho intramolecular Hbond substituents is 1. The molecular weight excluding hydrogens is 359 g/mol. The van der Waals surface area contributed by atoms with E-state index < -0.39 is 17.5 Å². The van der Waals surface area contributed by atoms with Crippen LogP contribution in [-0.2, 0) is 6.18 Å². The van der Waals surface area contributed by atoms with Crippen molar-refractivity contribution in [3.05, 3.63) is 41.1 Å². The molecule has 8 heteroatoms. The van der Waals surface area contributed by atoms with Gasteiger partial charge in [-0.25, -0.2) is 0 Å². The molecule has 0 saturated carbocycles. The normalized spacial score (nSPS) is 18.5. The van der Waals surface area contributed by atoms with E-state index in [1.807, 2.05) is 7.05 Å². The Morgan fingerprint density at radius 1 is 1.26 bits per heavy atom. The lowest BCUT2D eigenvalue weighted by Gasteiger charge is -2.28. The molecule has 0 radical (unpaired) electrons. The molecule has 1 N–H and O–H groups in total. The van der Waals surface area contributed by atoms with Crippen molar-refractivity contribution >= 4 is 5.78 Å². The van der Waals surface area contributed by atoms with Gasteiger partial charge in [-0.1, -0.05) is 0 Å². The van der Waals surface area contributed by atoms with E-state index in [4.69, 9.17) is 0 Å². The number of benzene rings is 1. The third kappa shape index (κ3) is 4.10. The molecule has 1 aliphatic rings. The molecule has 1 atom stereocenters. The number of alkyl halides is 3. The number of carbonyl (C=O) groups excluding carboxylic acids is 1. The van der Waals surface area contributed by atoms with Crippen LogP contribution in [0.2, 0.25) is 0 Å². The fourth-order valence-corrected chi connectivity index (χ4v) is 3.36. The summed E-state index contributed by atoms with van der Waals surface area (Å²) in [5.74, 6) is -0.747. The summed E-state index contributed by atoms with van der Waals surface area (Å²) in [6.45, 7) is 3.33. The number of piperidine rings is 1. The van der Waals surface area contributed by atoms with Gasteiger partial charge in [0.1, 0.15) is 11.4 Å². The van der Waals surface area contributed by atoms with E-state index in [1.54, 1.807) is 13.0 Å². The predicted molar refractivity (Wildman–Crippen MR) is 93.4 cm³/mol. The first-order valence-electron chi connectivity index (χ1n) is 8.64. The number of hydrogen-bond donors (Lipinski definition) is 1. The lowest BCUT2D eigenvalue weighted by Crippen LogP contribution is -2.36. The van der Waals surface area contributed by atoms with Crippen molar-refractivity contribution in [3.8, 4) is 17.0 Å². The monoisotopic (exact) mass is 379 g/mol. The standard InChI is InChI=1S/C19H20F3N3O2/c1-11-8-15(14-6-5-13(9-16(14)26)19(20,21)22)23-24-17(11)18(27)12-4-3-7-25(2)10-12/h5-6,8-9,12,26H,3-4,7,10H2,1-2H3. The van der Waals surface area contributed by atoms with E-state index in [1.165, 1.54) is 0 Å². The Labute approximate surface area is 154 Å². The summed E-state index contributed by atoms with van der Waals surface area (Å²) < 4.78 is 38.2. The molecule has 5 nitrogen and oxygen atoms in total. The van der Waals surface area contributed by atoms with Crippen molar-refractivity contribution in [1.82, 2.24) is 15.1 Å². The minimum atomic E-state index is -4.54. The van der Waals surface area contributed by atoms with Gasteiger partial charge in [0.25, 0.3) is 0 Å². The highest BCUT2D eigenvalue weighted by atomic mass is 19.4. The van der Waals surface area contributed by atoms with Gasteiger partial charge in [0.15, 0.2) is 5.78 Å². The maximum absolute atomic E-state index is 12.7. The van der Waals surface area contributed by atoms with Crippen LogP contribution in [0.25, 0.3) is 11.3 Å². The third-order valence-electron chi connectivity index (χ3n) is 4.81. The molecule has 2 aromatic rings. The fourth-order valence-electron chi connectivity index (χ4n) is 3.36. The van der Waals surface area contributed by atoms with Gasteiger partial charge >= 0.3 is 6.18 Å². The van der Waals surface area contributed by atoms with Crippen LogP contribution in [0.1, 0.15) is 34.5 Å². The molecule has 1 unspecified atom stereocenters. The number of halogens is 3. The molecule has 0 spiro atoms. The van der Waals surface area contributed by atoms with Gasteiger partial charge < -0.3 is 10.0 Å². The molecule has 1 fully saturated rings. The van der Waals surface area contributed by atoms with Crippen molar-refractivity contribution in [2.45, 2.75) is 25.9 Å². The van der Waals surface area contributed by atoms with Crippen LogP contribution >= 0.6 is 0 Å². The molecule has 3 rings (SSSR count). The number of carbonyl (C=O) groups is 1. The molecule has 1 aromatic heterocycles. The van der Waals surface area contributed by atoms with Crippen LogP contribution in [-0.4, -0.2) is 46.1 Å². The Morgan fingerprint density at radius 2 is 2.00 bits per heavy atom. The van der Waals surface area contributed by atoms with E-state index >= 15 is 0 Å². The fraction of sp³-hybridized carbons (Fsp3) is 0.421. The largest absolute Gasteiger partial charge is 0.507 e. The van der Waals surface area contributed by atoms with Crippen LogP contribution in [0.5, 0.6) is 5.75 Å².